The quantitative estimate of drug-likeness (QED) is 0.671. The number of hydrogen-bond donors (Lipinski definition) is 0. The van der Waals surface area contributed by atoms with Crippen molar-refractivity contribution in [3.05, 3.63) is 42.0 Å². The highest BCUT2D eigenvalue weighted by atomic mass is 79.9. The molecule has 0 spiro atoms. The molecule has 0 amide bonds. The van der Waals surface area contributed by atoms with Gasteiger partial charge in [-0.15, -0.1) is 0 Å². The minimum absolute atomic E-state index is 0.122. The van der Waals surface area contributed by atoms with Gasteiger partial charge in [0.2, 0.25) is 0 Å². The van der Waals surface area contributed by atoms with E-state index in [0.29, 0.717) is 11.3 Å². The van der Waals surface area contributed by atoms with Crippen molar-refractivity contribution in [1.82, 2.24) is 0 Å². The van der Waals surface area contributed by atoms with Gasteiger partial charge in [-0.3, -0.25) is 4.79 Å². The number of carbonyl (C=O) groups excluding carboxylic acids is 1. The first-order valence-corrected chi connectivity index (χ1v) is 9.27. The minimum Gasteiger partial charge on any atom is -0.294 e. The zero-order chi connectivity index (χ0) is 15.8. The molecule has 0 radical (unpaired) electrons. The maximum Gasteiger partial charge on any atom is 0.282 e. The van der Waals surface area contributed by atoms with Crippen LogP contribution in [0.1, 0.15) is 13.8 Å². The number of carbonyl (C=O) groups is 1. The molecule has 1 aromatic carbocycles. The molecule has 0 aromatic heterocycles. The Labute approximate surface area is 140 Å². The fraction of sp³-hybridized carbons (Fsp3) is 0.286. The van der Waals surface area contributed by atoms with Gasteiger partial charge in [-0.05, 0) is 37.6 Å². The van der Waals surface area contributed by atoms with Gasteiger partial charge in [-0.2, -0.15) is 12.8 Å². The van der Waals surface area contributed by atoms with Crippen LogP contribution in [-0.2, 0) is 14.8 Å². The lowest BCUT2D eigenvalue weighted by Crippen LogP contribution is -2.46. The van der Waals surface area contributed by atoms with E-state index in [0.717, 1.165) is 0 Å². The molecule has 2 atom stereocenters. The molecule has 0 saturated carbocycles. The smallest absolute Gasteiger partial charge is 0.282 e. The summed E-state index contributed by atoms with van der Waals surface area (Å²) < 4.78 is 27.8. The van der Waals surface area contributed by atoms with Gasteiger partial charge < -0.3 is 0 Å². The molecule has 2 unspecified atom stereocenters. The Morgan fingerprint density at radius 3 is 2.38 bits per heavy atom. The second kappa shape index (κ2) is 5.78. The summed E-state index contributed by atoms with van der Waals surface area (Å²) in [6.45, 7) is 3.40. The summed E-state index contributed by atoms with van der Waals surface area (Å²) in [5.74, 6) is -0.122. The van der Waals surface area contributed by atoms with E-state index >= 15 is 0 Å². The van der Waals surface area contributed by atoms with Crippen molar-refractivity contribution in [2.45, 2.75) is 27.9 Å². The second-order valence-electron chi connectivity index (χ2n) is 4.90. The van der Waals surface area contributed by atoms with Gasteiger partial charge in [-0.1, -0.05) is 50.1 Å². The van der Waals surface area contributed by atoms with Crippen molar-refractivity contribution in [2.24, 2.45) is 4.40 Å². The first-order chi connectivity index (χ1) is 9.66. The van der Waals surface area contributed by atoms with E-state index < -0.39 is 19.2 Å². The molecule has 1 aromatic rings. The van der Waals surface area contributed by atoms with Gasteiger partial charge in [0.15, 0.2) is 5.78 Å². The third kappa shape index (κ3) is 3.19. The van der Waals surface area contributed by atoms with Crippen LogP contribution in [0.3, 0.4) is 0 Å². The number of alkyl halides is 2. The van der Waals surface area contributed by atoms with Gasteiger partial charge >= 0.3 is 0 Å². The van der Waals surface area contributed by atoms with Gasteiger partial charge in [0.25, 0.3) is 10.0 Å². The Kier molecular flexibility index (Phi) is 4.56. The van der Waals surface area contributed by atoms with Crippen LogP contribution in [0, 0.1) is 0 Å². The number of benzene rings is 1. The molecule has 1 aliphatic carbocycles. The molecule has 0 heterocycles. The minimum atomic E-state index is -3.82. The summed E-state index contributed by atoms with van der Waals surface area (Å²) >= 11 is 6.72. The normalized spacial score (nSPS) is 28.6. The van der Waals surface area contributed by atoms with E-state index in [9.17, 15) is 13.2 Å². The molecule has 112 valence electrons. The Bertz CT molecular complexity index is 737. The molecule has 7 heteroatoms. The van der Waals surface area contributed by atoms with Crippen molar-refractivity contribution in [3.63, 3.8) is 0 Å². The molecule has 1 aliphatic rings. The predicted molar refractivity (Wildman–Crippen MR) is 89.9 cm³/mol. The van der Waals surface area contributed by atoms with E-state index in [1.165, 1.54) is 18.2 Å². The Hall–Kier alpha value is -0.790. The van der Waals surface area contributed by atoms with Crippen LogP contribution in [0.25, 0.3) is 0 Å². The van der Waals surface area contributed by atoms with Crippen LogP contribution in [0.4, 0.5) is 0 Å². The molecule has 4 nitrogen and oxygen atoms in total. The van der Waals surface area contributed by atoms with Crippen LogP contribution in [0.5, 0.6) is 0 Å². The molecule has 0 bridgehead atoms. The number of hydrogen-bond acceptors (Lipinski definition) is 3. The fourth-order valence-corrected chi connectivity index (χ4v) is 4.33. The van der Waals surface area contributed by atoms with Gasteiger partial charge in [-0.25, -0.2) is 0 Å². The lowest BCUT2D eigenvalue weighted by molar-refractivity contribution is -0.114. The second-order valence-corrected chi connectivity index (χ2v) is 9.06. The Morgan fingerprint density at radius 2 is 1.81 bits per heavy atom. The van der Waals surface area contributed by atoms with Gasteiger partial charge in [0.1, 0.15) is 0 Å². The summed E-state index contributed by atoms with van der Waals surface area (Å²) in [5, 5.41) is 0. The van der Waals surface area contributed by atoms with Crippen molar-refractivity contribution >= 4 is 53.4 Å². The van der Waals surface area contributed by atoms with Crippen molar-refractivity contribution in [1.29, 1.82) is 0 Å². The highest BCUT2D eigenvalue weighted by molar-refractivity contribution is 9.13. The molecule has 0 N–H and O–H groups in total. The van der Waals surface area contributed by atoms with E-state index in [4.69, 9.17) is 0 Å². The average Bonchev–Trinajstić information content (AvgIpc) is 2.43. The zero-order valence-corrected chi connectivity index (χ0v) is 15.4. The van der Waals surface area contributed by atoms with Gasteiger partial charge in [0, 0.05) is 0 Å². The zero-order valence-electron chi connectivity index (χ0n) is 11.4. The molecule has 0 saturated heterocycles. The molecule has 2 rings (SSSR count). The first kappa shape index (κ1) is 16.6. The van der Waals surface area contributed by atoms with Crippen LogP contribution >= 0.6 is 31.9 Å². The fourth-order valence-electron chi connectivity index (χ4n) is 2.05. The largest absolute Gasteiger partial charge is 0.294 e. The van der Waals surface area contributed by atoms with Crippen LogP contribution in [-0.4, -0.2) is 29.1 Å². The van der Waals surface area contributed by atoms with Crippen LogP contribution in [0.15, 0.2) is 51.3 Å². The summed E-state index contributed by atoms with van der Waals surface area (Å²) in [4.78, 5) is 11.4. The molecular weight excluding hydrogens is 422 g/mol. The number of sulfonamides is 1. The highest BCUT2D eigenvalue weighted by Crippen LogP contribution is 2.37. The average molecular weight is 435 g/mol. The number of allylic oxidation sites excluding steroid dienone is 2. The first-order valence-electron chi connectivity index (χ1n) is 6.12. The van der Waals surface area contributed by atoms with E-state index in [2.05, 4.69) is 36.3 Å². The molecule has 21 heavy (non-hydrogen) atoms. The summed E-state index contributed by atoms with van der Waals surface area (Å²) in [6, 6.07) is 7.99. The van der Waals surface area contributed by atoms with Gasteiger partial charge in [0.05, 0.1) is 19.8 Å². The topological polar surface area (TPSA) is 63.6 Å². The Morgan fingerprint density at radius 1 is 1.24 bits per heavy atom. The van der Waals surface area contributed by atoms with Crippen LogP contribution < -0.4 is 0 Å². The Balaban J connectivity index is 2.59. The lowest BCUT2D eigenvalue weighted by Gasteiger charge is -2.32. The summed E-state index contributed by atoms with van der Waals surface area (Å²) in [5.41, 5.74) is 0.863. The SMILES string of the molecule is CC1=CC(=O)C(Br)C(C)(Br)/C1=N\S(=O)(=O)c1ccccc1. The maximum atomic E-state index is 12.4. The standard InChI is InChI=1S/C14H13Br2NO3S/c1-9-8-11(18)12(15)14(2,16)13(9)17-21(19,20)10-6-4-3-5-7-10/h3-8,12H,1-2H3/b17-13-. The van der Waals surface area contributed by atoms with Crippen molar-refractivity contribution in [2.75, 3.05) is 0 Å². The number of rotatable bonds is 2. The predicted octanol–water partition coefficient (Wildman–Crippen LogP) is 3.26. The third-order valence-electron chi connectivity index (χ3n) is 3.17. The maximum absolute atomic E-state index is 12.4. The number of halogens is 2. The summed E-state index contributed by atoms with van der Waals surface area (Å²) in [7, 11) is -3.82. The molecular formula is C14H13Br2NO3S. The summed E-state index contributed by atoms with van der Waals surface area (Å²) in [6.07, 6.45) is 1.40. The number of nitrogens with zero attached hydrogens (tertiary/aromatic N) is 1. The van der Waals surface area contributed by atoms with E-state index in [1.54, 1.807) is 32.0 Å². The van der Waals surface area contributed by atoms with Crippen LogP contribution in [0.2, 0.25) is 0 Å². The monoisotopic (exact) mass is 433 g/mol. The van der Waals surface area contributed by atoms with Crippen molar-refractivity contribution < 1.29 is 13.2 Å². The van der Waals surface area contributed by atoms with Crippen molar-refractivity contribution in [3.8, 4) is 0 Å². The molecule has 0 fully saturated rings. The van der Waals surface area contributed by atoms with E-state index in [1.807, 2.05) is 0 Å². The molecule has 0 aliphatic heterocycles. The highest BCUT2D eigenvalue weighted by Gasteiger charge is 2.43. The third-order valence-corrected chi connectivity index (χ3v) is 7.28. The van der Waals surface area contributed by atoms with E-state index in [-0.39, 0.29) is 10.7 Å². The number of ketones is 1. The lowest BCUT2D eigenvalue weighted by atomic mass is 9.88.